The second-order valence-electron chi connectivity index (χ2n) is 17.6. The van der Waals surface area contributed by atoms with E-state index in [0.29, 0.717) is 19.3 Å². The van der Waals surface area contributed by atoms with Gasteiger partial charge in [-0.3, -0.25) is 14.4 Å². The zero-order valence-electron chi connectivity index (χ0n) is 37.4. The molecule has 2 saturated heterocycles. The highest BCUT2D eigenvalue weighted by molar-refractivity contribution is 5.72. The van der Waals surface area contributed by atoms with Crippen molar-refractivity contribution in [1.82, 2.24) is 9.91 Å². The van der Waals surface area contributed by atoms with Crippen molar-refractivity contribution >= 4 is 24.1 Å². The fraction of sp³-hybridized carbons (Fsp3) is 0.857. The van der Waals surface area contributed by atoms with Crippen molar-refractivity contribution in [3.05, 3.63) is 12.2 Å². The van der Waals surface area contributed by atoms with Crippen LogP contribution in [0.2, 0.25) is 0 Å². The number of aliphatic hydroxyl groups is 3. The van der Waals surface area contributed by atoms with Gasteiger partial charge in [-0.25, -0.2) is 0 Å². The average Bonchev–Trinajstić information content (AvgIpc) is 3.09. The molecule has 2 fully saturated rings. The molecular formula is C42H73N3O14. The van der Waals surface area contributed by atoms with Crippen LogP contribution in [-0.2, 0) is 52.3 Å². The van der Waals surface area contributed by atoms with Crippen LogP contribution < -0.4 is 0 Å². The van der Waals surface area contributed by atoms with Crippen LogP contribution in [0.3, 0.4) is 0 Å². The van der Waals surface area contributed by atoms with Crippen LogP contribution in [-0.4, -0.2) is 170 Å². The molecule has 0 aromatic rings. The third-order valence-corrected chi connectivity index (χ3v) is 11.0. The molecule has 3 N–H and O–H groups in total. The Labute approximate surface area is 350 Å². The number of methoxy groups -OCH3 is 1. The fourth-order valence-corrected chi connectivity index (χ4v) is 8.18. The summed E-state index contributed by atoms with van der Waals surface area (Å²) >= 11 is 0. The van der Waals surface area contributed by atoms with Gasteiger partial charge in [0.05, 0.1) is 36.9 Å². The Kier molecular flexibility index (Phi) is 19.7. The molecule has 0 aromatic carbocycles. The number of carbonyl (C=O) groups is 3. The van der Waals surface area contributed by atoms with E-state index < -0.39 is 109 Å². The van der Waals surface area contributed by atoms with Gasteiger partial charge in [-0.15, -0.1) is 0 Å². The normalized spacial score (nSPS) is 39.7. The van der Waals surface area contributed by atoms with Crippen molar-refractivity contribution in [2.75, 3.05) is 35.3 Å². The highest BCUT2D eigenvalue weighted by Gasteiger charge is 2.53. The molecule has 3 aliphatic rings. The molecule has 340 valence electrons. The Hall–Kier alpha value is -2.74. The lowest BCUT2D eigenvalue weighted by Gasteiger charge is -2.50. The molecule has 3 aliphatic heterocycles. The molecule has 3 heterocycles. The minimum absolute atomic E-state index is 0.0257. The van der Waals surface area contributed by atoms with Crippen molar-refractivity contribution in [2.24, 2.45) is 22.9 Å². The van der Waals surface area contributed by atoms with Crippen molar-refractivity contribution in [3.63, 3.8) is 0 Å². The Bertz CT molecular complexity index is 1390. The van der Waals surface area contributed by atoms with Crippen LogP contribution in [0.1, 0.15) is 93.9 Å². The molecule has 0 radical (unpaired) electrons. The van der Waals surface area contributed by atoms with Crippen molar-refractivity contribution in [3.8, 4) is 0 Å². The smallest absolute Gasteiger partial charge is 0.309 e. The molecule has 0 bridgehead atoms. The standard InChI is InChI=1S/C42H73N3O14/c1-23(2)19-32(48)57-40-27(6)54-34(22-42(40,8)51)58-37-26(5)55-41(36(50)35(37)44(9)10)59-38-29(17-18-43-45(11)12)20-24(3)30(47)16-14-15-25(4)53-33(49)21-31(39(38)52-13)56-28(7)46/h14,16,18,23-27,29-31,34-41,47,50-51H,15,17,19-22H2,1-13H3/b16-14+,43-18+/t24-,25-,26-,27+,29+,30+,31-,34+,35-,36-,37-,38?,39+,40+,41+,42-/m1/s1. The van der Waals surface area contributed by atoms with Gasteiger partial charge in [0.1, 0.15) is 36.1 Å². The lowest BCUT2D eigenvalue weighted by molar-refractivity contribution is -0.344. The minimum Gasteiger partial charge on any atom is -0.462 e. The SMILES string of the molecule is CO[C@@H]1C(O[C@@H]2O[C@H](C)[C@@H](O[C@H]3C[C@@](C)(O)[C@@H](OC(=O)CC(C)C)[C@H](C)O3)[C@H](N(C)C)[C@H]2O)[C@@H](C/C=N/N(C)C)C[C@@H](C)[C@@H](O)/C=C/C[C@@H](C)OC(=O)C[C@H]1OC(C)=O. The number of hydrazone groups is 1. The summed E-state index contributed by atoms with van der Waals surface area (Å²) < 4.78 is 49.1. The maximum absolute atomic E-state index is 13.3. The molecule has 3 rings (SSSR count). The zero-order chi connectivity index (χ0) is 44.4. The molecule has 0 saturated carbocycles. The second-order valence-corrected chi connectivity index (χ2v) is 17.6. The number of esters is 3. The van der Waals surface area contributed by atoms with Crippen LogP contribution in [0.5, 0.6) is 0 Å². The molecule has 59 heavy (non-hydrogen) atoms. The second kappa shape index (κ2) is 22.9. The summed E-state index contributed by atoms with van der Waals surface area (Å²) in [7, 11) is 8.55. The summed E-state index contributed by atoms with van der Waals surface area (Å²) in [4.78, 5) is 40.2. The molecule has 0 spiro atoms. The average molecular weight is 844 g/mol. The number of nitrogens with zero attached hydrogens (tertiary/aromatic N) is 3. The first kappa shape index (κ1) is 50.6. The fourth-order valence-electron chi connectivity index (χ4n) is 8.18. The first-order valence-corrected chi connectivity index (χ1v) is 20.9. The number of cyclic esters (lactones) is 1. The first-order chi connectivity index (χ1) is 27.5. The van der Waals surface area contributed by atoms with E-state index in [-0.39, 0.29) is 31.1 Å². The van der Waals surface area contributed by atoms with Gasteiger partial charge in [0.15, 0.2) is 18.7 Å². The number of carbonyl (C=O) groups excluding carboxylic acids is 3. The number of rotatable bonds is 13. The van der Waals surface area contributed by atoms with Crippen LogP contribution in [0.15, 0.2) is 17.3 Å². The zero-order valence-corrected chi connectivity index (χ0v) is 37.4. The van der Waals surface area contributed by atoms with Crippen molar-refractivity contribution in [2.45, 2.75) is 179 Å². The number of hydrogen-bond acceptors (Lipinski definition) is 17. The Morgan fingerprint density at radius 3 is 2.27 bits per heavy atom. The quantitative estimate of drug-likeness (QED) is 0.0802. The van der Waals surface area contributed by atoms with Gasteiger partial charge in [-0.1, -0.05) is 32.9 Å². The van der Waals surface area contributed by atoms with E-state index in [9.17, 15) is 29.7 Å². The summed E-state index contributed by atoms with van der Waals surface area (Å²) in [6, 6.07) is -0.742. The molecule has 17 heteroatoms. The molecule has 16 atom stereocenters. The van der Waals surface area contributed by atoms with E-state index in [1.807, 2.05) is 20.8 Å². The van der Waals surface area contributed by atoms with E-state index in [1.165, 1.54) is 14.0 Å². The van der Waals surface area contributed by atoms with Gasteiger partial charge in [0.2, 0.25) is 0 Å². The van der Waals surface area contributed by atoms with Crippen LogP contribution in [0.4, 0.5) is 0 Å². The third kappa shape index (κ3) is 15.0. The molecule has 0 amide bonds. The van der Waals surface area contributed by atoms with Crippen molar-refractivity contribution < 1.29 is 67.6 Å². The van der Waals surface area contributed by atoms with Gasteiger partial charge in [-0.05, 0) is 72.4 Å². The van der Waals surface area contributed by atoms with Crippen molar-refractivity contribution in [1.29, 1.82) is 0 Å². The van der Waals surface area contributed by atoms with Gasteiger partial charge >= 0.3 is 17.9 Å². The number of aliphatic hydroxyl groups excluding tert-OH is 2. The predicted octanol–water partition coefficient (Wildman–Crippen LogP) is 2.81. The Balaban J connectivity index is 2.01. The van der Waals surface area contributed by atoms with E-state index >= 15 is 0 Å². The molecular weight excluding hydrogens is 770 g/mol. The van der Waals surface area contributed by atoms with Crippen LogP contribution in [0.25, 0.3) is 0 Å². The van der Waals surface area contributed by atoms with Gasteiger partial charge in [0, 0.05) is 53.6 Å². The predicted molar refractivity (Wildman–Crippen MR) is 217 cm³/mol. The minimum atomic E-state index is -1.49. The largest absolute Gasteiger partial charge is 0.462 e. The lowest BCUT2D eigenvalue weighted by atomic mass is 9.82. The van der Waals surface area contributed by atoms with E-state index in [1.54, 1.807) is 84.2 Å². The van der Waals surface area contributed by atoms with Crippen LogP contribution in [0, 0.1) is 17.8 Å². The summed E-state index contributed by atoms with van der Waals surface area (Å²) in [5, 5.41) is 41.0. The van der Waals surface area contributed by atoms with Crippen LogP contribution >= 0.6 is 0 Å². The monoisotopic (exact) mass is 844 g/mol. The highest BCUT2D eigenvalue weighted by atomic mass is 16.7. The lowest BCUT2D eigenvalue weighted by Crippen LogP contribution is -2.66. The molecule has 0 aromatic heterocycles. The Morgan fingerprint density at radius 2 is 1.69 bits per heavy atom. The molecule has 0 aliphatic carbocycles. The number of ether oxygens (including phenoxy) is 8. The first-order valence-electron chi connectivity index (χ1n) is 20.9. The third-order valence-electron chi connectivity index (χ3n) is 11.0. The maximum atomic E-state index is 13.3. The summed E-state index contributed by atoms with van der Waals surface area (Å²) in [5.41, 5.74) is -1.49. The van der Waals surface area contributed by atoms with Gasteiger partial charge < -0.3 is 63.1 Å². The maximum Gasteiger partial charge on any atom is 0.309 e. The van der Waals surface area contributed by atoms with Gasteiger partial charge in [0.25, 0.3) is 0 Å². The van der Waals surface area contributed by atoms with Gasteiger partial charge in [-0.2, -0.15) is 5.10 Å². The number of hydrogen-bond donors (Lipinski definition) is 3. The van der Waals surface area contributed by atoms with E-state index in [0.717, 1.165) is 0 Å². The van der Waals surface area contributed by atoms with E-state index in [2.05, 4.69) is 5.10 Å². The number of likely N-dealkylation sites (N-methyl/N-ethyl adjacent to an activating group) is 1. The summed E-state index contributed by atoms with van der Waals surface area (Å²) in [6.07, 6.45) is -5.32. The molecule has 1 unspecified atom stereocenters. The summed E-state index contributed by atoms with van der Waals surface area (Å²) in [5.74, 6) is -2.41. The highest BCUT2D eigenvalue weighted by Crippen LogP contribution is 2.38. The van der Waals surface area contributed by atoms with E-state index in [4.69, 9.17) is 37.9 Å². The topological polar surface area (TPSA) is 205 Å². The summed E-state index contributed by atoms with van der Waals surface area (Å²) in [6.45, 7) is 13.7. The molecule has 17 nitrogen and oxygen atoms in total. The Morgan fingerprint density at radius 1 is 1.02 bits per heavy atom.